The van der Waals surface area contributed by atoms with Crippen LogP contribution < -0.4 is 0 Å². The van der Waals surface area contributed by atoms with Crippen LogP contribution in [-0.4, -0.2) is 29.8 Å². The maximum absolute atomic E-state index is 11.7. The van der Waals surface area contributed by atoms with Crippen LogP contribution >= 0.6 is 0 Å². The van der Waals surface area contributed by atoms with Crippen molar-refractivity contribution in [1.82, 2.24) is 0 Å². The summed E-state index contributed by atoms with van der Waals surface area (Å²) in [5.74, 6) is -1.43. The third-order valence-electron chi connectivity index (χ3n) is 6.20. The maximum atomic E-state index is 11.7. The summed E-state index contributed by atoms with van der Waals surface area (Å²) in [7, 11) is 0. The summed E-state index contributed by atoms with van der Waals surface area (Å²) in [6, 6.07) is 0. The van der Waals surface area contributed by atoms with E-state index < -0.39 is 5.97 Å². The Morgan fingerprint density at radius 3 is 1.09 bits per heavy atom. The van der Waals surface area contributed by atoms with Crippen molar-refractivity contribution in [3.05, 3.63) is 0 Å². The van der Waals surface area contributed by atoms with Crippen LogP contribution in [0, 0.1) is 0 Å². The van der Waals surface area contributed by atoms with Gasteiger partial charge in [0.15, 0.2) is 0 Å². The molecule has 1 N–H and O–H groups in total. The van der Waals surface area contributed by atoms with Gasteiger partial charge in [0.1, 0.15) is 0 Å². The highest BCUT2D eigenvalue weighted by atomic mass is 16.7. The van der Waals surface area contributed by atoms with Gasteiger partial charge in [-0.3, -0.25) is 14.4 Å². The average Bonchev–Trinajstić information content (AvgIpc) is 2.80. The minimum atomic E-state index is -0.766. The van der Waals surface area contributed by atoms with Crippen molar-refractivity contribution in [2.24, 2.45) is 0 Å². The molecule has 0 atom stereocenters. The Labute approximate surface area is 208 Å². The minimum Gasteiger partial charge on any atom is -0.481 e. The normalized spacial score (nSPS) is 10.9. The fourth-order valence-electron chi connectivity index (χ4n) is 4.02. The summed E-state index contributed by atoms with van der Waals surface area (Å²) in [6.07, 6.45) is 24.2. The van der Waals surface area contributed by atoms with Gasteiger partial charge in [0, 0.05) is 19.3 Å². The van der Waals surface area contributed by atoms with Gasteiger partial charge in [-0.05, 0) is 19.3 Å². The summed E-state index contributed by atoms with van der Waals surface area (Å²) < 4.78 is 9.92. The van der Waals surface area contributed by atoms with Crippen molar-refractivity contribution in [2.45, 2.75) is 155 Å². The zero-order chi connectivity index (χ0) is 25.1. The van der Waals surface area contributed by atoms with Crippen molar-refractivity contribution in [3.8, 4) is 0 Å². The molecule has 0 fully saturated rings. The molecular weight excluding hydrogens is 432 g/mol. The number of hydrogen-bond acceptors (Lipinski definition) is 5. The van der Waals surface area contributed by atoms with Crippen molar-refractivity contribution in [1.29, 1.82) is 0 Å². The van der Waals surface area contributed by atoms with Crippen LogP contribution in [0.1, 0.15) is 155 Å². The van der Waals surface area contributed by atoms with Gasteiger partial charge in [-0.2, -0.15) is 0 Å². The van der Waals surface area contributed by atoms with Crippen molar-refractivity contribution < 1.29 is 29.0 Å². The zero-order valence-corrected chi connectivity index (χ0v) is 22.0. The molecule has 0 aliphatic rings. The topological polar surface area (TPSA) is 89.9 Å². The fourth-order valence-corrected chi connectivity index (χ4v) is 4.02. The Balaban J connectivity index is 3.29. The number of unbranched alkanes of at least 4 members (excludes halogenated alkanes) is 18. The lowest BCUT2D eigenvalue weighted by Gasteiger charge is -2.07. The summed E-state index contributed by atoms with van der Waals surface area (Å²) in [5, 5.41) is 8.56. The second-order valence-corrected chi connectivity index (χ2v) is 9.51. The highest BCUT2D eigenvalue weighted by Crippen LogP contribution is 2.14. The third kappa shape index (κ3) is 26.7. The van der Waals surface area contributed by atoms with Crippen LogP contribution in [0.5, 0.6) is 0 Å². The number of carbonyl (C=O) groups excluding carboxylic acids is 2. The Morgan fingerprint density at radius 2 is 0.765 bits per heavy atom. The monoisotopic (exact) mass is 484 g/mol. The zero-order valence-electron chi connectivity index (χ0n) is 22.0. The van der Waals surface area contributed by atoms with Crippen LogP contribution in [0.2, 0.25) is 0 Å². The van der Waals surface area contributed by atoms with E-state index in [1.807, 2.05) is 0 Å². The number of carboxylic acid groups (broad SMARTS) is 1. The Morgan fingerprint density at radius 1 is 0.471 bits per heavy atom. The molecule has 0 rings (SSSR count). The smallest absolute Gasteiger partial charge is 0.308 e. The molecule has 0 aliphatic carbocycles. The van der Waals surface area contributed by atoms with E-state index >= 15 is 0 Å². The first-order chi connectivity index (χ1) is 16.6. The van der Waals surface area contributed by atoms with Crippen molar-refractivity contribution in [2.75, 3.05) is 6.79 Å². The number of rotatable bonds is 26. The highest BCUT2D eigenvalue weighted by Gasteiger charge is 2.06. The molecule has 0 aromatic heterocycles. The van der Waals surface area contributed by atoms with Crippen LogP contribution in [0.15, 0.2) is 0 Å². The predicted octanol–water partition coefficient (Wildman–Crippen LogP) is 8.11. The van der Waals surface area contributed by atoms with Gasteiger partial charge in [0.2, 0.25) is 6.79 Å². The summed E-state index contributed by atoms with van der Waals surface area (Å²) in [6.45, 7) is 1.97. The van der Waals surface area contributed by atoms with Crippen LogP contribution in [0.3, 0.4) is 0 Å². The molecule has 0 saturated heterocycles. The third-order valence-corrected chi connectivity index (χ3v) is 6.20. The first-order valence-electron chi connectivity index (χ1n) is 14.1. The molecule has 200 valence electrons. The average molecular weight is 485 g/mol. The van der Waals surface area contributed by atoms with E-state index in [1.165, 1.54) is 77.0 Å². The van der Waals surface area contributed by atoms with Gasteiger partial charge in [-0.1, -0.05) is 116 Å². The molecule has 6 heteroatoms. The van der Waals surface area contributed by atoms with Crippen molar-refractivity contribution in [3.63, 3.8) is 0 Å². The predicted molar refractivity (Wildman–Crippen MR) is 137 cm³/mol. The molecule has 0 unspecified atom stereocenters. The molecule has 0 aromatic rings. The van der Waals surface area contributed by atoms with Gasteiger partial charge in [-0.15, -0.1) is 0 Å². The van der Waals surface area contributed by atoms with Crippen molar-refractivity contribution >= 4 is 17.9 Å². The highest BCUT2D eigenvalue weighted by molar-refractivity contribution is 5.70. The van der Waals surface area contributed by atoms with E-state index in [2.05, 4.69) is 6.92 Å². The Hall–Kier alpha value is -1.59. The van der Waals surface area contributed by atoms with Gasteiger partial charge in [0.05, 0.1) is 0 Å². The SMILES string of the molecule is CCCCCCCCCCCCCCCCCC(=O)OCOC(=O)CCCCCCCC(=O)O. The van der Waals surface area contributed by atoms with E-state index in [0.717, 1.165) is 38.5 Å². The lowest BCUT2D eigenvalue weighted by Crippen LogP contribution is -2.12. The summed E-state index contributed by atoms with van der Waals surface area (Å²) >= 11 is 0. The van der Waals surface area contributed by atoms with E-state index in [9.17, 15) is 14.4 Å². The molecule has 0 spiro atoms. The molecule has 0 bridgehead atoms. The Kier molecular flexibility index (Phi) is 24.8. The number of carboxylic acids is 1. The molecule has 0 amide bonds. The first-order valence-corrected chi connectivity index (χ1v) is 14.1. The van der Waals surface area contributed by atoms with E-state index in [-0.39, 0.29) is 25.2 Å². The number of ether oxygens (including phenoxy) is 2. The fraction of sp³-hybridized carbons (Fsp3) is 0.893. The van der Waals surface area contributed by atoms with Gasteiger partial charge < -0.3 is 14.6 Å². The number of esters is 2. The van der Waals surface area contributed by atoms with Gasteiger partial charge >= 0.3 is 17.9 Å². The van der Waals surface area contributed by atoms with Crippen LogP contribution in [-0.2, 0) is 23.9 Å². The summed E-state index contributed by atoms with van der Waals surface area (Å²) in [5.41, 5.74) is 0. The molecule has 34 heavy (non-hydrogen) atoms. The first kappa shape index (κ1) is 32.4. The molecule has 0 aliphatic heterocycles. The molecule has 0 aromatic carbocycles. The van der Waals surface area contributed by atoms with Crippen LogP contribution in [0.4, 0.5) is 0 Å². The molecule has 0 heterocycles. The molecule has 0 radical (unpaired) electrons. The minimum absolute atomic E-state index is 0.201. The second-order valence-electron chi connectivity index (χ2n) is 9.51. The van der Waals surface area contributed by atoms with Gasteiger partial charge in [0.25, 0.3) is 0 Å². The molecule has 0 saturated carbocycles. The largest absolute Gasteiger partial charge is 0.481 e. The number of carbonyl (C=O) groups is 3. The van der Waals surface area contributed by atoms with Crippen LogP contribution in [0.25, 0.3) is 0 Å². The molecule has 6 nitrogen and oxygen atoms in total. The lowest BCUT2D eigenvalue weighted by molar-refractivity contribution is -0.167. The maximum Gasteiger partial charge on any atom is 0.308 e. The summed E-state index contributed by atoms with van der Waals surface area (Å²) in [4.78, 5) is 33.7. The van der Waals surface area contributed by atoms with E-state index in [1.54, 1.807) is 0 Å². The Bertz CT molecular complexity index is 491. The lowest BCUT2D eigenvalue weighted by atomic mass is 10.0. The van der Waals surface area contributed by atoms with Gasteiger partial charge in [-0.25, -0.2) is 0 Å². The number of aliphatic carboxylic acids is 1. The van der Waals surface area contributed by atoms with E-state index in [4.69, 9.17) is 14.6 Å². The standard InChI is InChI=1S/C28H52O6/c1-2-3-4-5-6-7-8-9-10-11-12-13-14-17-20-23-27(31)33-25-34-28(32)24-21-18-15-16-19-22-26(29)30/h2-25H2,1H3,(H,29,30). The second kappa shape index (κ2) is 26.0. The quantitative estimate of drug-likeness (QED) is 0.0757. The van der Waals surface area contributed by atoms with E-state index in [0.29, 0.717) is 25.7 Å². The molecular formula is C28H52O6. The number of hydrogen-bond donors (Lipinski definition) is 1.